The van der Waals surface area contributed by atoms with Gasteiger partial charge >= 0.3 is 0 Å². The molecule has 11 heavy (non-hydrogen) atoms. The maximum absolute atomic E-state index is 10.3. The standard InChI is InChI=1S/C7H6NO2.Y/c1-5-2-3-6(4-8-5)7(9)10;/h3-4H,1H3,(H,9,10);/q-1;. The van der Waals surface area contributed by atoms with Gasteiger partial charge in [-0.15, -0.1) is 0 Å². The zero-order valence-corrected chi connectivity index (χ0v) is 8.87. The number of aromatic carboxylic acids is 1. The SMILES string of the molecule is Cc1[c-]cc(C(=O)O)cn1.[Y]. The molecule has 1 heterocycles. The Bertz CT molecular complexity index is 245. The van der Waals surface area contributed by atoms with E-state index in [1.165, 1.54) is 12.3 Å². The zero-order valence-electron chi connectivity index (χ0n) is 6.03. The molecule has 0 saturated carbocycles. The van der Waals surface area contributed by atoms with Gasteiger partial charge in [-0.05, 0) is 13.1 Å². The monoisotopic (exact) mass is 225 g/mol. The Labute approximate surface area is 89.7 Å². The predicted molar refractivity (Wildman–Crippen MR) is 34.8 cm³/mol. The second-order valence-electron chi connectivity index (χ2n) is 1.89. The van der Waals surface area contributed by atoms with Crippen molar-refractivity contribution in [2.45, 2.75) is 6.92 Å². The Balaban J connectivity index is 0.000001000. The van der Waals surface area contributed by atoms with Crippen LogP contribution in [-0.2, 0) is 32.7 Å². The number of hydrogen-bond donors (Lipinski definition) is 1. The minimum Gasteiger partial charge on any atom is -0.491 e. The van der Waals surface area contributed by atoms with Gasteiger partial charge in [-0.1, -0.05) is 11.3 Å². The van der Waals surface area contributed by atoms with Crippen molar-refractivity contribution in [2.24, 2.45) is 0 Å². The van der Waals surface area contributed by atoms with Crippen LogP contribution in [0.3, 0.4) is 0 Å². The Morgan fingerprint density at radius 2 is 2.36 bits per heavy atom. The van der Waals surface area contributed by atoms with Crippen LogP contribution in [0.15, 0.2) is 12.3 Å². The summed E-state index contributed by atoms with van der Waals surface area (Å²) in [6.07, 6.45) is 1.31. The van der Waals surface area contributed by atoms with E-state index in [0.717, 1.165) is 0 Å². The molecule has 1 aromatic rings. The molecule has 0 bridgehead atoms. The van der Waals surface area contributed by atoms with Crippen molar-refractivity contribution in [3.63, 3.8) is 0 Å². The summed E-state index contributed by atoms with van der Waals surface area (Å²) < 4.78 is 0. The molecule has 0 aliphatic carbocycles. The van der Waals surface area contributed by atoms with Gasteiger partial charge in [-0.2, -0.15) is 0 Å². The second-order valence-corrected chi connectivity index (χ2v) is 1.89. The van der Waals surface area contributed by atoms with Crippen LogP contribution in [-0.4, -0.2) is 16.1 Å². The molecule has 0 spiro atoms. The van der Waals surface area contributed by atoms with Crippen molar-refractivity contribution < 1.29 is 42.6 Å². The van der Waals surface area contributed by atoms with Gasteiger partial charge in [0, 0.05) is 32.7 Å². The van der Waals surface area contributed by atoms with E-state index >= 15 is 0 Å². The largest absolute Gasteiger partial charge is 0.491 e. The molecule has 0 amide bonds. The fourth-order valence-electron chi connectivity index (χ4n) is 0.540. The van der Waals surface area contributed by atoms with Gasteiger partial charge in [0.15, 0.2) is 0 Å². The van der Waals surface area contributed by atoms with Crippen molar-refractivity contribution in [2.75, 3.05) is 0 Å². The van der Waals surface area contributed by atoms with Gasteiger partial charge in [-0.25, -0.2) is 12.1 Å². The van der Waals surface area contributed by atoms with E-state index in [1.54, 1.807) is 6.92 Å². The van der Waals surface area contributed by atoms with Crippen LogP contribution in [0.4, 0.5) is 0 Å². The van der Waals surface area contributed by atoms with Crippen LogP contribution < -0.4 is 0 Å². The van der Waals surface area contributed by atoms with Crippen LogP contribution in [0, 0.1) is 13.0 Å². The maximum atomic E-state index is 10.3. The van der Waals surface area contributed by atoms with Crippen molar-refractivity contribution in [1.82, 2.24) is 4.98 Å². The van der Waals surface area contributed by atoms with Crippen molar-refractivity contribution in [1.29, 1.82) is 0 Å². The summed E-state index contributed by atoms with van der Waals surface area (Å²) in [6.45, 7) is 1.76. The smallest absolute Gasteiger partial charge is 0.253 e. The first-order valence-corrected chi connectivity index (χ1v) is 2.78. The average molecular weight is 225 g/mol. The third kappa shape index (κ3) is 3.08. The van der Waals surface area contributed by atoms with Gasteiger partial charge in [0.05, 0.1) is 0 Å². The molecule has 0 aliphatic rings. The number of carboxylic acid groups (broad SMARTS) is 1. The van der Waals surface area contributed by atoms with E-state index in [2.05, 4.69) is 11.1 Å². The molecule has 0 saturated heterocycles. The summed E-state index contributed by atoms with van der Waals surface area (Å²) in [5.41, 5.74) is 0.871. The molecule has 1 aromatic heterocycles. The van der Waals surface area contributed by atoms with Crippen molar-refractivity contribution in [3.05, 3.63) is 29.6 Å². The summed E-state index contributed by atoms with van der Waals surface area (Å²) in [7, 11) is 0. The van der Waals surface area contributed by atoms with Crippen molar-refractivity contribution in [3.8, 4) is 0 Å². The van der Waals surface area contributed by atoms with Crippen molar-refractivity contribution >= 4 is 5.97 Å². The summed E-state index contributed by atoms with van der Waals surface area (Å²) in [5.74, 6) is -0.969. The molecular formula is C7H6NO2Y-. The Hall–Kier alpha value is -0.276. The number of nitrogens with zero attached hydrogens (tertiary/aromatic N) is 1. The summed E-state index contributed by atoms with van der Waals surface area (Å²) in [5, 5.41) is 8.42. The fraction of sp³-hybridized carbons (Fsp3) is 0.143. The van der Waals surface area contributed by atoms with E-state index in [9.17, 15) is 4.79 Å². The number of pyridine rings is 1. The third-order valence-electron chi connectivity index (χ3n) is 1.08. The molecule has 55 valence electrons. The first-order chi connectivity index (χ1) is 4.70. The van der Waals surface area contributed by atoms with E-state index in [4.69, 9.17) is 5.11 Å². The number of aryl methyl sites for hydroxylation is 1. The van der Waals surface area contributed by atoms with E-state index in [1.807, 2.05) is 0 Å². The van der Waals surface area contributed by atoms with E-state index in [-0.39, 0.29) is 38.3 Å². The first-order valence-electron chi connectivity index (χ1n) is 2.78. The van der Waals surface area contributed by atoms with E-state index < -0.39 is 5.97 Å². The Kier molecular flexibility index (Phi) is 4.46. The summed E-state index contributed by atoms with van der Waals surface area (Å²) >= 11 is 0. The third-order valence-corrected chi connectivity index (χ3v) is 1.08. The molecule has 1 radical (unpaired) electrons. The number of rotatable bonds is 1. The zero-order chi connectivity index (χ0) is 7.56. The van der Waals surface area contributed by atoms with Gasteiger partial charge in [-0.3, -0.25) is 4.79 Å². The molecular weight excluding hydrogens is 219 g/mol. The van der Waals surface area contributed by atoms with Crippen LogP contribution in [0.5, 0.6) is 0 Å². The Morgan fingerprint density at radius 1 is 1.73 bits per heavy atom. The minimum atomic E-state index is -0.969. The Morgan fingerprint density at radius 3 is 2.73 bits per heavy atom. The van der Waals surface area contributed by atoms with Gasteiger partial charge in [0.25, 0.3) is 5.97 Å². The second kappa shape index (κ2) is 4.57. The van der Waals surface area contributed by atoms with Gasteiger partial charge in [0.1, 0.15) is 0 Å². The predicted octanol–water partition coefficient (Wildman–Crippen LogP) is 0.886. The minimum absolute atomic E-state index is 0. The number of hydrogen-bond acceptors (Lipinski definition) is 2. The molecule has 3 nitrogen and oxygen atoms in total. The molecule has 0 unspecified atom stereocenters. The van der Waals surface area contributed by atoms with Crippen LogP contribution >= 0.6 is 0 Å². The number of aromatic nitrogens is 1. The molecule has 1 rings (SSSR count). The topological polar surface area (TPSA) is 50.2 Å². The van der Waals surface area contributed by atoms with Crippen LogP contribution in [0.25, 0.3) is 0 Å². The molecule has 0 fully saturated rings. The maximum Gasteiger partial charge on any atom is 0.253 e. The van der Waals surface area contributed by atoms with Crippen LogP contribution in [0.2, 0.25) is 0 Å². The van der Waals surface area contributed by atoms with Crippen LogP contribution in [0.1, 0.15) is 16.1 Å². The fourth-order valence-corrected chi connectivity index (χ4v) is 0.540. The van der Waals surface area contributed by atoms with Gasteiger partial charge in [0.2, 0.25) is 0 Å². The van der Waals surface area contributed by atoms with E-state index in [0.29, 0.717) is 5.69 Å². The molecule has 0 aliphatic heterocycles. The summed E-state index contributed by atoms with van der Waals surface area (Å²) in [4.78, 5) is 14.0. The average Bonchev–Trinajstić information content (AvgIpc) is 1.88. The normalized spacial score (nSPS) is 8.45. The number of carbonyl (C=O) groups is 1. The molecule has 1 N–H and O–H groups in total. The summed E-state index contributed by atoms with van der Waals surface area (Å²) in [6, 6.07) is 4.10. The molecule has 0 aromatic carbocycles. The quantitative estimate of drug-likeness (QED) is 0.722. The van der Waals surface area contributed by atoms with Gasteiger partial charge < -0.3 is 10.1 Å². The molecule has 4 heteroatoms. The number of carboxylic acids is 1. The molecule has 0 atom stereocenters. The first kappa shape index (κ1) is 10.7.